The first-order valence-electron chi connectivity index (χ1n) is 5.79. The fourth-order valence-corrected chi connectivity index (χ4v) is 3.11. The number of anilines is 1. The molecule has 2 rings (SSSR count). The van der Waals surface area contributed by atoms with E-state index in [2.05, 4.69) is 47.8 Å². The number of nitrogens with one attached hydrogen (secondary N) is 1. The summed E-state index contributed by atoms with van der Waals surface area (Å²) >= 11 is 9.46. The molecule has 0 aliphatic heterocycles. The molecule has 0 aliphatic rings. The van der Waals surface area contributed by atoms with Crippen LogP contribution in [0, 0.1) is 23.3 Å². The normalized spacial score (nSPS) is 10.6. The van der Waals surface area contributed by atoms with E-state index in [1.165, 1.54) is 6.07 Å². The summed E-state index contributed by atoms with van der Waals surface area (Å²) in [5, 5.41) is 10.6. The average molecular weight is 537 g/mol. The molecule has 4 nitrogen and oxygen atoms in total. The van der Waals surface area contributed by atoms with Crippen molar-refractivity contribution in [2.24, 2.45) is 0 Å². The van der Waals surface area contributed by atoms with Gasteiger partial charge in [0.15, 0.2) is 29.0 Å². The van der Waals surface area contributed by atoms with E-state index in [0.29, 0.717) is 13.4 Å². The van der Waals surface area contributed by atoms with E-state index in [1.807, 2.05) is 0 Å². The molecule has 24 heavy (non-hydrogen) atoms. The number of hydrogen-bond donors (Lipinski definition) is 1. The van der Waals surface area contributed by atoms with Crippen molar-refractivity contribution in [2.45, 2.75) is 0 Å². The Balaban J connectivity index is 2.44. The Labute approximate surface area is 157 Å². The maximum Gasteiger partial charge on any atom is 0.189 e. The first-order chi connectivity index (χ1) is 11.1. The van der Waals surface area contributed by atoms with Gasteiger partial charge in [-0.25, -0.2) is 23.0 Å². The zero-order chi connectivity index (χ0) is 18.2. The first kappa shape index (κ1) is 19.0. The van der Waals surface area contributed by atoms with Crippen molar-refractivity contribution in [2.75, 3.05) is 5.48 Å². The van der Waals surface area contributed by atoms with Gasteiger partial charge in [0.25, 0.3) is 0 Å². The Bertz CT molecular complexity index is 819. The summed E-state index contributed by atoms with van der Waals surface area (Å²) in [6, 6.07) is 3.02. The van der Waals surface area contributed by atoms with Crippen molar-refractivity contribution < 1.29 is 32.3 Å². The average Bonchev–Trinajstić information content (AvgIpc) is 2.49. The minimum atomic E-state index is -2.39. The second-order valence-corrected chi connectivity index (χ2v) is 6.76. The van der Waals surface area contributed by atoms with E-state index in [4.69, 9.17) is 4.84 Å². The first-order valence-corrected chi connectivity index (χ1v) is 8.17. The van der Waals surface area contributed by atoms with Crippen LogP contribution in [0.5, 0.6) is 5.75 Å². The summed E-state index contributed by atoms with van der Waals surface area (Å²) < 4.78 is 56.1. The third-order valence-corrected chi connectivity index (χ3v) is 5.12. The van der Waals surface area contributed by atoms with Crippen molar-refractivity contribution in [1.29, 1.82) is 0 Å². The van der Waals surface area contributed by atoms with Gasteiger partial charge in [-0.05, 0) is 44.0 Å². The number of carbonyl (C=O) groups excluding carboxylic acids is 1. The summed E-state index contributed by atoms with van der Waals surface area (Å²) in [6.07, 6.45) is 0. The lowest BCUT2D eigenvalue weighted by molar-refractivity contribution is -0.255. The molecule has 0 amide bonds. The van der Waals surface area contributed by atoms with Crippen LogP contribution in [0.3, 0.4) is 0 Å². The fourth-order valence-electron chi connectivity index (χ4n) is 1.61. The molecule has 2 aromatic carbocycles. The lowest BCUT2D eigenvalue weighted by Crippen LogP contribution is -2.27. The van der Waals surface area contributed by atoms with E-state index in [9.17, 15) is 27.5 Å². The Morgan fingerprint density at radius 1 is 1.00 bits per heavy atom. The van der Waals surface area contributed by atoms with Crippen molar-refractivity contribution in [1.82, 2.24) is 0 Å². The molecule has 0 unspecified atom stereocenters. The van der Waals surface area contributed by atoms with Gasteiger partial charge in [-0.2, -0.15) is 0 Å². The topological polar surface area (TPSA) is 61.4 Å². The number of halogens is 7. The second-order valence-electron chi connectivity index (χ2n) is 4.20. The molecule has 0 saturated heterocycles. The van der Waals surface area contributed by atoms with E-state index < -0.39 is 40.5 Å². The molecule has 0 saturated carbocycles. The molecular weight excluding hydrogens is 534 g/mol. The SMILES string of the molecule is O=C([O-])c1c(F)c(F)c(NOc2cc(Br)cc(Br)c2Br)c(F)c1F. The van der Waals surface area contributed by atoms with Crippen LogP contribution in [-0.2, 0) is 0 Å². The number of rotatable bonds is 4. The minimum Gasteiger partial charge on any atom is -0.545 e. The van der Waals surface area contributed by atoms with Crippen LogP contribution >= 0.6 is 47.8 Å². The summed E-state index contributed by atoms with van der Waals surface area (Å²) in [6.45, 7) is 0. The van der Waals surface area contributed by atoms with Gasteiger partial charge in [0, 0.05) is 8.95 Å². The summed E-state index contributed by atoms with van der Waals surface area (Å²) in [7, 11) is 0. The Morgan fingerprint density at radius 3 is 2.04 bits per heavy atom. The molecule has 2 aromatic rings. The molecule has 128 valence electrons. The monoisotopic (exact) mass is 534 g/mol. The third kappa shape index (κ3) is 3.52. The quantitative estimate of drug-likeness (QED) is 0.360. The van der Waals surface area contributed by atoms with E-state index in [1.54, 1.807) is 11.5 Å². The molecule has 0 aromatic heterocycles. The van der Waals surface area contributed by atoms with Crippen LogP contribution in [0.15, 0.2) is 25.6 Å². The number of carboxylic acids is 1. The van der Waals surface area contributed by atoms with E-state index >= 15 is 0 Å². The molecule has 0 spiro atoms. The van der Waals surface area contributed by atoms with Gasteiger partial charge in [0.2, 0.25) is 0 Å². The largest absolute Gasteiger partial charge is 0.545 e. The summed E-state index contributed by atoms with van der Waals surface area (Å²) in [4.78, 5) is 15.5. The summed E-state index contributed by atoms with van der Waals surface area (Å²) in [5.41, 5.74) is -1.46. The zero-order valence-corrected chi connectivity index (χ0v) is 15.8. The van der Waals surface area contributed by atoms with Crippen LogP contribution in [-0.4, -0.2) is 5.97 Å². The van der Waals surface area contributed by atoms with Gasteiger partial charge >= 0.3 is 0 Å². The smallest absolute Gasteiger partial charge is 0.189 e. The molecule has 0 atom stereocenters. The second kappa shape index (κ2) is 7.28. The third-order valence-electron chi connectivity index (χ3n) is 2.69. The minimum absolute atomic E-state index is 0.0137. The molecule has 0 fully saturated rings. The molecular formula is C13H3Br3F4NO3-. The fraction of sp³-hybridized carbons (Fsp3) is 0. The standard InChI is InChI=1S/C13H4Br3F4NO3/c14-3-1-4(15)7(16)5(2-3)24-21-12-10(19)8(17)6(13(22)23)9(18)11(12)20/h1-2,21H,(H,22,23)/p-1. The van der Waals surface area contributed by atoms with Crippen LogP contribution in [0.4, 0.5) is 23.2 Å². The van der Waals surface area contributed by atoms with Crippen molar-refractivity contribution in [3.05, 3.63) is 54.4 Å². The Kier molecular flexibility index (Phi) is 5.76. The maximum absolute atomic E-state index is 13.8. The van der Waals surface area contributed by atoms with Gasteiger partial charge in [-0.1, -0.05) is 15.9 Å². The molecule has 0 aliphatic carbocycles. The number of aromatic carboxylic acids is 1. The van der Waals surface area contributed by atoms with E-state index in [-0.39, 0.29) is 5.75 Å². The van der Waals surface area contributed by atoms with Gasteiger partial charge in [0.05, 0.1) is 16.0 Å². The number of hydrogen-bond acceptors (Lipinski definition) is 4. The highest BCUT2D eigenvalue weighted by Crippen LogP contribution is 2.36. The number of carbonyl (C=O) groups is 1. The molecule has 0 radical (unpaired) electrons. The van der Waals surface area contributed by atoms with Crippen LogP contribution in [0.25, 0.3) is 0 Å². The lowest BCUT2D eigenvalue weighted by Gasteiger charge is -2.15. The number of carboxylic acid groups (broad SMARTS) is 1. The van der Waals surface area contributed by atoms with Crippen LogP contribution in [0.2, 0.25) is 0 Å². The predicted molar refractivity (Wildman–Crippen MR) is 84.4 cm³/mol. The Hall–Kier alpha value is -1.33. The van der Waals surface area contributed by atoms with Gasteiger partial charge in [-0.3, -0.25) is 0 Å². The highest BCUT2D eigenvalue weighted by molar-refractivity contribution is 9.13. The van der Waals surface area contributed by atoms with Gasteiger partial charge < -0.3 is 14.7 Å². The number of benzene rings is 2. The molecule has 1 N–H and O–H groups in total. The Morgan fingerprint density at radius 2 is 1.54 bits per heavy atom. The zero-order valence-electron chi connectivity index (χ0n) is 11.0. The van der Waals surface area contributed by atoms with Crippen molar-refractivity contribution >= 4 is 59.4 Å². The maximum atomic E-state index is 13.8. The summed E-state index contributed by atoms with van der Waals surface area (Å²) in [5.74, 6) is -10.6. The van der Waals surface area contributed by atoms with Gasteiger partial charge in [-0.15, -0.1) is 0 Å². The highest BCUT2D eigenvalue weighted by atomic mass is 79.9. The van der Waals surface area contributed by atoms with Crippen LogP contribution in [0.1, 0.15) is 10.4 Å². The lowest BCUT2D eigenvalue weighted by atomic mass is 10.1. The van der Waals surface area contributed by atoms with Gasteiger partial charge in [0.1, 0.15) is 5.69 Å². The molecule has 0 heterocycles. The van der Waals surface area contributed by atoms with Crippen molar-refractivity contribution in [3.8, 4) is 5.75 Å². The predicted octanol–water partition coefficient (Wildman–Crippen LogP) is 4.30. The molecule has 0 bridgehead atoms. The van der Waals surface area contributed by atoms with E-state index in [0.717, 1.165) is 0 Å². The van der Waals surface area contributed by atoms with Crippen LogP contribution < -0.4 is 15.4 Å². The molecule has 11 heteroatoms. The highest BCUT2D eigenvalue weighted by Gasteiger charge is 2.26. The van der Waals surface area contributed by atoms with Crippen molar-refractivity contribution in [3.63, 3.8) is 0 Å².